The number of unbranched alkanes of at least 4 members (excludes halogenated alkanes) is 15. The van der Waals surface area contributed by atoms with Crippen molar-refractivity contribution in [2.24, 2.45) is 0 Å². The molecule has 1 aromatic carbocycles. The SMILES string of the molecule is C=Cc1ccc(C[N+](C)(C)CCCCCCCCCCCCCCCCCC)cc1.[Cl-]. The molecule has 0 spiro atoms. The average molecular weight is 450 g/mol. The molecule has 1 aromatic rings. The van der Waals surface area contributed by atoms with E-state index in [-0.39, 0.29) is 12.4 Å². The Morgan fingerprint density at radius 1 is 0.645 bits per heavy atom. The van der Waals surface area contributed by atoms with E-state index in [4.69, 9.17) is 0 Å². The number of quaternary nitrogens is 1. The molecule has 0 fully saturated rings. The maximum absolute atomic E-state index is 3.84. The normalized spacial score (nSPS) is 11.3. The molecule has 180 valence electrons. The summed E-state index contributed by atoms with van der Waals surface area (Å²) in [6, 6.07) is 8.86. The topological polar surface area (TPSA) is 0 Å². The van der Waals surface area contributed by atoms with Gasteiger partial charge in [-0.25, -0.2) is 0 Å². The lowest BCUT2D eigenvalue weighted by Crippen LogP contribution is -3.00. The highest BCUT2D eigenvalue weighted by Gasteiger charge is 2.15. The van der Waals surface area contributed by atoms with Crippen LogP contribution in [0.1, 0.15) is 121 Å². The molecule has 1 nitrogen and oxygen atoms in total. The second-order valence-electron chi connectivity index (χ2n) is 10.1. The van der Waals surface area contributed by atoms with Crippen LogP contribution in [0.5, 0.6) is 0 Å². The van der Waals surface area contributed by atoms with Gasteiger partial charge < -0.3 is 16.9 Å². The molecule has 0 aromatic heterocycles. The summed E-state index contributed by atoms with van der Waals surface area (Å²) in [6.45, 7) is 8.54. The summed E-state index contributed by atoms with van der Waals surface area (Å²) in [4.78, 5) is 0. The van der Waals surface area contributed by atoms with Crippen LogP contribution in [0.3, 0.4) is 0 Å². The van der Waals surface area contributed by atoms with E-state index < -0.39 is 0 Å². The zero-order valence-electron chi connectivity index (χ0n) is 21.1. The lowest BCUT2D eigenvalue weighted by molar-refractivity contribution is -0.903. The minimum Gasteiger partial charge on any atom is -1.00 e. The van der Waals surface area contributed by atoms with Gasteiger partial charge in [0.25, 0.3) is 0 Å². The maximum atomic E-state index is 3.84. The third-order valence-corrected chi connectivity index (χ3v) is 6.44. The number of hydrogen-bond donors (Lipinski definition) is 0. The van der Waals surface area contributed by atoms with Crippen molar-refractivity contribution in [1.29, 1.82) is 0 Å². The molecule has 2 heteroatoms. The van der Waals surface area contributed by atoms with Crippen molar-refractivity contribution in [3.05, 3.63) is 42.0 Å². The molecular formula is C29H52ClN. The Morgan fingerprint density at radius 2 is 1.03 bits per heavy atom. The first-order valence-electron chi connectivity index (χ1n) is 13.1. The third kappa shape index (κ3) is 17.4. The monoisotopic (exact) mass is 449 g/mol. The fourth-order valence-electron chi connectivity index (χ4n) is 4.42. The Hall–Kier alpha value is -0.790. The Bertz CT molecular complexity index is 520. The maximum Gasteiger partial charge on any atom is 0.104 e. The summed E-state index contributed by atoms with van der Waals surface area (Å²) in [5, 5.41) is 0. The van der Waals surface area contributed by atoms with Crippen LogP contribution in [0.25, 0.3) is 6.08 Å². The van der Waals surface area contributed by atoms with Crippen molar-refractivity contribution < 1.29 is 16.9 Å². The van der Waals surface area contributed by atoms with Gasteiger partial charge in [-0.2, -0.15) is 0 Å². The highest BCUT2D eigenvalue weighted by molar-refractivity contribution is 5.47. The lowest BCUT2D eigenvalue weighted by atomic mass is 10.0. The predicted octanol–water partition coefficient (Wildman–Crippen LogP) is 6.17. The third-order valence-electron chi connectivity index (χ3n) is 6.44. The Morgan fingerprint density at radius 3 is 1.42 bits per heavy atom. The van der Waals surface area contributed by atoms with Gasteiger partial charge in [-0.3, -0.25) is 0 Å². The lowest BCUT2D eigenvalue weighted by Gasteiger charge is -2.30. The van der Waals surface area contributed by atoms with Crippen molar-refractivity contribution in [3.63, 3.8) is 0 Å². The van der Waals surface area contributed by atoms with Crippen molar-refractivity contribution in [2.45, 2.75) is 116 Å². The Balaban J connectivity index is 0.00000900. The molecule has 0 saturated heterocycles. The molecule has 0 radical (unpaired) electrons. The summed E-state index contributed by atoms with van der Waals surface area (Å²) in [7, 11) is 4.74. The van der Waals surface area contributed by atoms with Crippen molar-refractivity contribution in [2.75, 3.05) is 20.6 Å². The molecule has 0 aliphatic heterocycles. The molecule has 0 aliphatic carbocycles. The van der Waals surface area contributed by atoms with E-state index >= 15 is 0 Å². The van der Waals surface area contributed by atoms with Crippen LogP contribution in [-0.4, -0.2) is 25.1 Å². The van der Waals surface area contributed by atoms with E-state index in [1.54, 1.807) is 0 Å². The molecule has 0 atom stereocenters. The first-order valence-corrected chi connectivity index (χ1v) is 13.1. The molecule has 31 heavy (non-hydrogen) atoms. The first-order chi connectivity index (χ1) is 14.6. The van der Waals surface area contributed by atoms with Gasteiger partial charge in [0.15, 0.2) is 0 Å². The molecule has 0 aliphatic rings. The second-order valence-corrected chi connectivity index (χ2v) is 10.1. The van der Waals surface area contributed by atoms with Gasteiger partial charge in [0.1, 0.15) is 6.54 Å². The highest BCUT2D eigenvalue weighted by Crippen LogP contribution is 2.16. The number of rotatable bonds is 20. The van der Waals surface area contributed by atoms with Gasteiger partial charge in [0.05, 0.1) is 20.6 Å². The molecule has 0 bridgehead atoms. The summed E-state index contributed by atoms with van der Waals surface area (Å²) in [5.41, 5.74) is 2.64. The number of halogens is 1. The van der Waals surface area contributed by atoms with Crippen molar-refractivity contribution in [3.8, 4) is 0 Å². The first kappa shape index (κ1) is 30.2. The molecule has 1 rings (SSSR count). The average Bonchev–Trinajstić information content (AvgIpc) is 2.73. The number of hydrogen-bond acceptors (Lipinski definition) is 0. The summed E-state index contributed by atoms with van der Waals surface area (Å²) in [6.07, 6.45) is 25.0. The fraction of sp³-hybridized carbons (Fsp3) is 0.724. The Kier molecular flexibility index (Phi) is 19.4. The summed E-state index contributed by atoms with van der Waals surface area (Å²) in [5.74, 6) is 0. The van der Waals surface area contributed by atoms with Crippen LogP contribution < -0.4 is 12.4 Å². The van der Waals surface area contributed by atoms with E-state index in [0.717, 1.165) is 11.0 Å². The van der Waals surface area contributed by atoms with E-state index in [9.17, 15) is 0 Å². The molecular weight excluding hydrogens is 398 g/mol. The van der Waals surface area contributed by atoms with Crippen LogP contribution in [-0.2, 0) is 6.54 Å². The van der Waals surface area contributed by atoms with E-state index in [1.165, 1.54) is 120 Å². The number of nitrogens with zero attached hydrogens (tertiary/aromatic N) is 1. The molecule has 0 amide bonds. The van der Waals surface area contributed by atoms with Crippen molar-refractivity contribution in [1.82, 2.24) is 0 Å². The van der Waals surface area contributed by atoms with E-state index in [1.807, 2.05) is 6.08 Å². The second kappa shape index (κ2) is 19.9. The molecule has 0 unspecified atom stereocenters. The predicted molar refractivity (Wildman–Crippen MR) is 137 cm³/mol. The summed E-state index contributed by atoms with van der Waals surface area (Å²) >= 11 is 0. The highest BCUT2D eigenvalue weighted by atomic mass is 35.5. The minimum atomic E-state index is 0. The summed E-state index contributed by atoms with van der Waals surface area (Å²) < 4.78 is 1.09. The van der Waals surface area contributed by atoms with Gasteiger partial charge in [-0.05, 0) is 18.4 Å². The molecule has 0 saturated carbocycles. The van der Waals surface area contributed by atoms with Gasteiger partial charge in [0.2, 0.25) is 0 Å². The van der Waals surface area contributed by atoms with Gasteiger partial charge >= 0.3 is 0 Å². The van der Waals surface area contributed by atoms with Gasteiger partial charge in [-0.1, -0.05) is 134 Å². The molecule has 0 heterocycles. The van der Waals surface area contributed by atoms with E-state index in [0.29, 0.717) is 0 Å². The van der Waals surface area contributed by atoms with Crippen LogP contribution in [0, 0.1) is 0 Å². The van der Waals surface area contributed by atoms with Crippen LogP contribution in [0.4, 0.5) is 0 Å². The van der Waals surface area contributed by atoms with Gasteiger partial charge in [0, 0.05) is 5.56 Å². The van der Waals surface area contributed by atoms with Crippen LogP contribution >= 0.6 is 0 Å². The zero-order chi connectivity index (χ0) is 21.9. The van der Waals surface area contributed by atoms with Crippen LogP contribution in [0.15, 0.2) is 30.8 Å². The van der Waals surface area contributed by atoms with Gasteiger partial charge in [-0.15, -0.1) is 0 Å². The minimum absolute atomic E-state index is 0. The molecule has 0 N–H and O–H groups in total. The zero-order valence-corrected chi connectivity index (χ0v) is 21.9. The van der Waals surface area contributed by atoms with Crippen LogP contribution in [0.2, 0.25) is 0 Å². The fourth-order valence-corrected chi connectivity index (χ4v) is 4.42. The van der Waals surface area contributed by atoms with E-state index in [2.05, 4.69) is 51.9 Å². The standard InChI is InChI=1S/C29H52N.ClH/c1-5-7-8-9-10-11-12-13-14-15-16-17-18-19-20-21-26-30(3,4)27-29-24-22-28(6-2)23-25-29;/h6,22-25H,2,5,7-21,26-27H2,1,3-4H3;1H/q+1;/p-1. The largest absolute Gasteiger partial charge is 1.00 e. The quantitative estimate of drug-likeness (QED) is 0.165. The smallest absolute Gasteiger partial charge is 0.104 e. The Labute approximate surface area is 201 Å². The number of benzene rings is 1. The van der Waals surface area contributed by atoms with Crippen molar-refractivity contribution >= 4 is 6.08 Å².